The van der Waals surface area contributed by atoms with E-state index in [2.05, 4.69) is 20.2 Å². The molecule has 1 aliphatic rings. The minimum absolute atomic E-state index is 0.0464. The van der Waals surface area contributed by atoms with Gasteiger partial charge in [0.05, 0.1) is 23.1 Å². The van der Waals surface area contributed by atoms with Crippen LogP contribution in [-0.4, -0.2) is 35.1 Å². The molecular weight excluding hydrogens is 425 g/mol. The predicted octanol–water partition coefficient (Wildman–Crippen LogP) is 3.76. The number of anilines is 2. The van der Waals surface area contributed by atoms with Gasteiger partial charge in [0.1, 0.15) is 17.7 Å². The lowest BCUT2D eigenvalue weighted by Crippen LogP contribution is -2.54. The molecule has 0 aliphatic carbocycles. The summed E-state index contributed by atoms with van der Waals surface area (Å²) in [6.07, 6.45) is 1.75. The SMILES string of the molecule is NC(=O)c1cccc(CNc2nccc(N3CC(Oc4ccc(Cl)c(Cl)c4)C3)n2)c1. The number of carbonyl (C=O) groups is 1. The van der Waals surface area contributed by atoms with Gasteiger partial charge in [-0.05, 0) is 35.9 Å². The van der Waals surface area contributed by atoms with Crippen molar-refractivity contribution < 1.29 is 9.53 Å². The highest BCUT2D eigenvalue weighted by atomic mass is 35.5. The molecule has 0 unspecified atom stereocenters. The Morgan fingerprint density at radius 3 is 2.77 bits per heavy atom. The second kappa shape index (κ2) is 8.77. The highest BCUT2D eigenvalue weighted by Crippen LogP contribution is 2.29. The van der Waals surface area contributed by atoms with Crippen LogP contribution in [0.4, 0.5) is 11.8 Å². The Labute approximate surface area is 183 Å². The third-order valence-electron chi connectivity index (χ3n) is 4.67. The molecular formula is C21H19Cl2N5O2. The van der Waals surface area contributed by atoms with Crippen molar-refractivity contribution in [3.63, 3.8) is 0 Å². The molecule has 9 heteroatoms. The van der Waals surface area contributed by atoms with Crippen molar-refractivity contribution >= 4 is 40.9 Å². The molecule has 7 nitrogen and oxygen atoms in total. The van der Waals surface area contributed by atoms with Crippen LogP contribution in [0.15, 0.2) is 54.7 Å². The molecule has 4 rings (SSSR count). The number of nitrogens with two attached hydrogens (primary N) is 1. The van der Waals surface area contributed by atoms with Crippen LogP contribution < -0.4 is 20.7 Å². The summed E-state index contributed by atoms with van der Waals surface area (Å²) < 4.78 is 5.92. The lowest BCUT2D eigenvalue weighted by Gasteiger charge is -2.39. The Hall–Kier alpha value is -3.03. The van der Waals surface area contributed by atoms with Gasteiger partial charge in [0, 0.05) is 24.4 Å². The fraction of sp³-hybridized carbons (Fsp3) is 0.190. The Kier molecular flexibility index (Phi) is 5.92. The molecule has 3 aromatic rings. The number of primary amides is 1. The van der Waals surface area contributed by atoms with Crippen LogP contribution in [0.5, 0.6) is 5.75 Å². The van der Waals surface area contributed by atoms with E-state index >= 15 is 0 Å². The number of hydrogen-bond donors (Lipinski definition) is 2. The lowest BCUT2D eigenvalue weighted by molar-refractivity contribution is 0.1000. The first-order chi connectivity index (χ1) is 14.5. The van der Waals surface area contributed by atoms with Crippen molar-refractivity contribution in [3.8, 4) is 5.75 Å². The van der Waals surface area contributed by atoms with Gasteiger partial charge >= 0.3 is 0 Å². The third kappa shape index (κ3) is 4.75. The highest BCUT2D eigenvalue weighted by Gasteiger charge is 2.30. The van der Waals surface area contributed by atoms with Crippen molar-refractivity contribution in [2.24, 2.45) is 5.73 Å². The lowest BCUT2D eigenvalue weighted by atomic mass is 10.1. The molecule has 0 spiro atoms. The fourth-order valence-corrected chi connectivity index (χ4v) is 3.36. The number of carbonyl (C=O) groups excluding carboxylic acids is 1. The maximum atomic E-state index is 11.3. The predicted molar refractivity (Wildman–Crippen MR) is 117 cm³/mol. The molecule has 0 atom stereocenters. The number of aromatic nitrogens is 2. The smallest absolute Gasteiger partial charge is 0.248 e. The van der Waals surface area contributed by atoms with E-state index in [0.29, 0.717) is 46.9 Å². The summed E-state index contributed by atoms with van der Waals surface area (Å²) in [6.45, 7) is 1.89. The van der Waals surface area contributed by atoms with Crippen LogP contribution in [-0.2, 0) is 6.54 Å². The highest BCUT2D eigenvalue weighted by molar-refractivity contribution is 6.42. The first-order valence-corrected chi connectivity index (χ1v) is 10.1. The molecule has 0 bridgehead atoms. The molecule has 30 heavy (non-hydrogen) atoms. The van der Waals surface area contributed by atoms with Crippen LogP contribution in [0.2, 0.25) is 10.0 Å². The zero-order valence-corrected chi connectivity index (χ0v) is 17.4. The van der Waals surface area contributed by atoms with E-state index in [0.717, 1.165) is 11.4 Å². The van der Waals surface area contributed by atoms with E-state index in [4.69, 9.17) is 33.7 Å². The molecule has 1 aromatic heterocycles. The molecule has 3 N–H and O–H groups in total. The second-order valence-electron chi connectivity index (χ2n) is 6.88. The van der Waals surface area contributed by atoms with E-state index in [1.807, 2.05) is 12.1 Å². The van der Waals surface area contributed by atoms with E-state index in [9.17, 15) is 4.79 Å². The van der Waals surface area contributed by atoms with Gasteiger partial charge in [-0.15, -0.1) is 0 Å². The number of nitrogens with zero attached hydrogens (tertiary/aromatic N) is 3. The van der Waals surface area contributed by atoms with Gasteiger partial charge in [-0.1, -0.05) is 35.3 Å². The third-order valence-corrected chi connectivity index (χ3v) is 5.41. The van der Waals surface area contributed by atoms with Gasteiger partial charge in [0.25, 0.3) is 0 Å². The zero-order chi connectivity index (χ0) is 21.1. The molecule has 1 saturated heterocycles. The van der Waals surface area contributed by atoms with Crippen LogP contribution in [0, 0.1) is 0 Å². The van der Waals surface area contributed by atoms with Gasteiger partial charge in [0.2, 0.25) is 11.9 Å². The Morgan fingerprint density at radius 2 is 2.00 bits per heavy atom. The average molecular weight is 444 g/mol. The molecule has 1 aliphatic heterocycles. The summed E-state index contributed by atoms with van der Waals surface area (Å²) in [4.78, 5) is 22.2. The van der Waals surface area contributed by atoms with E-state index in [-0.39, 0.29) is 6.10 Å². The summed E-state index contributed by atoms with van der Waals surface area (Å²) in [5.41, 5.74) is 6.71. The number of ether oxygens (including phenoxy) is 1. The number of amides is 1. The summed E-state index contributed by atoms with van der Waals surface area (Å²) in [6, 6.07) is 14.2. The van der Waals surface area contributed by atoms with Crippen LogP contribution in [0.3, 0.4) is 0 Å². The number of halogens is 2. The zero-order valence-electron chi connectivity index (χ0n) is 15.9. The normalized spacial score (nSPS) is 13.6. The topological polar surface area (TPSA) is 93.4 Å². The summed E-state index contributed by atoms with van der Waals surface area (Å²) in [5.74, 6) is 1.56. The van der Waals surface area contributed by atoms with Gasteiger partial charge in [0.15, 0.2) is 0 Å². The van der Waals surface area contributed by atoms with Crippen molar-refractivity contribution in [1.29, 1.82) is 0 Å². The number of hydrogen-bond acceptors (Lipinski definition) is 6. The standard InChI is InChI=1S/C21H19Cl2N5O2/c22-17-5-4-15(9-18(17)23)30-16-11-28(12-16)19-6-7-25-21(27-19)26-10-13-2-1-3-14(8-13)20(24)29/h1-9,16H,10-12H2,(H2,24,29)(H,25,26,27). The van der Waals surface area contributed by atoms with Crippen molar-refractivity contribution in [2.75, 3.05) is 23.3 Å². The van der Waals surface area contributed by atoms with Gasteiger partial charge in [-0.3, -0.25) is 4.79 Å². The quantitative estimate of drug-likeness (QED) is 0.577. The van der Waals surface area contributed by atoms with Gasteiger partial charge < -0.3 is 20.7 Å². The first kappa shape index (κ1) is 20.3. The molecule has 154 valence electrons. The molecule has 2 heterocycles. The second-order valence-corrected chi connectivity index (χ2v) is 7.69. The molecule has 0 saturated carbocycles. The molecule has 1 amide bonds. The minimum Gasteiger partial charge on any atom is -0.487 e. The number of benzene rings is 2. The largest absolute Gasteiger partial charge is 0.487 e. The summed E-state index contributed by atoms with van der Waals surface area (Å²) >= 11 is 12.0. The van der Waals surface area contributed by atoms with Crippen molar-refractivity contribution in [2.45, 2.75) is 12.6 Å². The Morgan fingerprint density at radius 1 is 1.17 bits per heavy atom. The van der Waals surface area contributed by atoms with Crippen LogP contribution in [0.25, 0.3) is 0 Å². The van der Waals surface area contributed by atoms with Crippen LogP contribution >= 0.6 is 23.2 Å². The fourth-order valence-electron chi connectivity index (χ4n) is 3.07. The molecule has 2 aromatic carbocycles. The number of nitrogens with one attached hydrogen (secondary N) is 1. The van der Waals surface area contributed by atoms with Gasteiger partial charge in [-0.2, -0.15) is 4.98 Å². The molecule has 1 fully saturated rings. The first-order valence-electron chi connectivity index (χ1n) is 9.30. The average Bonchev–Trinajstić information content (AvgIpc) is 2.72. The maximum absolute atomic E-state index is 11.3. The van der Waals surface area contributed by atoms with Crippen LogP contribution in [0.1, 0.15) is 15.9 Å². The van der Waals surface area contributed by atoms with Crippen molar-refractivity contribution in [1.82, 2.24) is 9.97 Å². The Bertz CT molecular complexity index is 1070. The minimum atomic E-state index is -0.453. The maximum Gasteiger partial charge on any atom is 0.248 e. The van der Waals surface area contributed by atoms with E-state index in [1.54, 1.807) is 42.6 Å². The van der Waals surface area contributed by atoms with E-state index < -0.39 is 5.91 Å². The van der Waals surface area contributed by atoms with E-state index in [1.165, 1.54) is 0 Å². The van der Waals surface area contributed by atoms with Gasteiger partial charge in [-0.25, -0.2) is 4.98 Å². The molecule has 0 radical (unpaired) electrons. The monoisotopic (exact) mass is 443 g/mol. The van der Waals surface area contributed by atoms with Crippen molar-refractivity contribution in [3.05, 3.63) is 75.9 Å². The number of rotatable bonds is 7. The summed E-state index contributed by atoms with van der Waals surface area (Å²) in [7, 11) is 0. The summed E-state index contributed by atoms with van der Waals surface area (Å²) in [5, 5.41) is 4.15. The Balaban J connectivity index is 1.32.